The predicted molar refractivity (Wildman–Crippen MR) is 149 cm³/mol. The monoisotopic (exact) mass is 449 g/mol. The van der Waals surface area contributed by atoms with Crippen molar-refractivity contribution in [1.29, 1.82) is 0 Å². The van der Waals surface area contributed by atoms with Crippen molar-refractivity contribution >= 4 is 33.9 Å². The normalized spacial score (nSPS) is 16.1. The van der Waals surface area contributed by atoms with Crippen LogP contribution in [0.15, 0.2) is 121 Å². The smallest absolute Gasteiger partial charge is 0.0474 e. The van der Waals surface area contributed by atoms with Crippen LogP contribution in [0, 0.1) is 0 Å². The summed E-state index contributed by atoms with van der Waals surface area (Å²) in [6.07, 6.45) is 6.23. The van der Waals surface area contributed by atoms with Gasteiger partial charge in [0.2, 0.25) is 0 Å². The van der Waals surface area contributed by atoms with E-state index in [-0.39, 0.29) is 0 Å². The lowest BCUT2D eigenvalue weighted by Gasteiger charge is -2.27. The first kappa shape index (κ1) is 20.3. The van der Waals surface area contributed by atoms with E-state index in [1.165, 1.54) is 58.0 Å². The summed E-state index contributed by atoms with van der Waals surface area (Å²) in [7, 11) is 0. The van der Waals surface area contributed by atoms with Gasteiger partial charge in [-0.1, -0.05) is 90.5 Å². The molecule has 1 saturated carbocycles. The maximum atomic E-state index is 2.47. The molecule has 1 nitrogen and oxygen atoms in total. The summed E-state index contributed by atoms with van der Waals surface area (Å²) >= 11 is 0. The fourth-order valence-corrected chi connectivity index (χ4v) is 5.99. The molecule has 0 saturated heterocycles. The summed E-state index contributed by atoms with van der Waals surface area (Å²) in [4.78, 5) is 2.36. The number of anilines is 3. The van der Waals surface area contributed by atoms with E-state index in [1.54, 1.807) is 5.57 Å². The third-order valence-electron chi connectivity index (χ3n) is 7.65. The summed E-state index contributed by atoms with van der Waals surface area (Å²) in [5.41, 5.74) is 10.7. The second-order valence-corrected chi connectivity index (χ2v) is 9.81. The van der Waals surface area contributed by atoms with Crippen LogP contribution in [-0.2, 0) is 0 Å². The molecule has 2 aliphatic carbocycles. The Morgan fingerprint density at radius 3 is 2.11 bits per heavy atom. The van der Waals surface area contributed by atoms with E-state index in [9.17, 15) is 0 Å². The van der Waals surface area contributed by atoms with Gasteiger partial charge in [0.05, 0.1) is 0 Å². The summed E-state index contributed by atoms with van der Waals surface area (Å²) in [6.45, 7) is 0. The minimum Gasteiger partial charge on any atom is -0.310 e. The second kappa shape index (κ2) is 8.29. The zero-order chi connectivity index (χ0) is 23.2. The van der Waals surface area contributed by atoms with Gasteiger partial charge < -0.3 is 4.90 Å². The van der Waals surface area contributed by atoms with Crippen LogP contribution in [0.5, 0.6) is 0 Å². The number of hydrogen-bond donors (Lipinski definition) is 0. The van der Waals surface area contributed by atoms with Crippen molar-refractivity contribution < 1.29 is 0 Å². The number of fused-ring (bicyclic) bond motifs is 5. The molecule has 2 aliphatic rings. The Balaban J connectivity index is 1.45. The van der Waals surface area contributed by atoms with Crippen LogP contribution in [0.3, 0.4) is 0 Å². The molecule has 1 fully saturated rings. The highest BCUT2D eigenvalue weighted by molar-refractivity contribution is 6.01. The Morgan fingerprint density at radius 2 is 1.34 bits per heavy atom. The third kappa shape index (κ3) is 3.56. The molecule has 0 aromatic heterocycles. The van der Waals surface area contributed by atoms with E-state index in [4.69, 9.17) is 0 Å². The molecule has 0 spiro atoms. The van der Waals surface area contributed by atoms with Gasteiger partial charge in [-0.3, -0.25) is 0 Å². The SMILES string of the molecule is C1=C2CCC(C2)c2cc(-c3cc(N(c4ccccc4)c4ccccc4)cc4ccccc34)ccc21. The topological polar surface area (TPSA) is 3.24 Å². The fraction of sp³-hybridized carbons (Fsp3) is 0.118. The van der Waals surface area contributed by atoms with E-state index in [1.807, 2.05) is 0 Å². The van der Waals surface area contributed by atoms with E-state index in [2.05, 4.69) is 126 Å². The number of para-hydroxylation sites is 2. The van der Waals surface area contributed by atoms with Gasteiger partial charge in [0.1, 0.15) is 0 Å². The summed E-state index contributed by atoms with van der Waals surface area (Å²) < 4.78 is 0. The lowest BCUT2D eigenvalue weighted by atomic mass is 9.85. The lowest BCUT2D eigenvalue weighted by Crippen LogP contribution is -2.10. The minimum atomic E-state index is 0.685. The summed E-state index contributed by atoms with van der Waals surface area (Å²) in [5, 5.41) is 2.56. The van der Waals surface area contributed by atoms with Gasteiger partial charge >= 0.3 is 0 Å². The number of rotatable bonds is 4. The van der Waals surface area contributed by atoms with Crippen LogP contribution in [0.2, 0.25) is 0 Å². The molecule has 7 rings (SSSR count). The van der Waals surface area contributed by atoms with Gasteiger partial charge in [0.15, 0.2) is 0 Å². The Kier molecular flexibility index (Phi) is 4.80. The Labute approximate surface area is 207 Å². The van der Waals surface area contributed by atoms with Crippen LogP contribution < -0.4 is 4.90 Å². The highest BCUT2D eigenvalue weighted by Gasteiger charge is 2.27. The van der Waals surface area contributed by atoms with Gasteiger partial charge in [-0.25, -0.2) is 0 Å². The molecule has 0 N–H and O–H groups in total. The summed E-state index contributed by atoms with van der Waals surface area (Å²) in [5.74, 6) is 0.685. The number of hydrogen-bond acceptors (Lipinski definition) is 1. The average Bonchev–Trinajstić information content (AvgIpc) is 3.31. The fourth-order valence-electron chi connectivity index (χ4n) is 5.99. The largest absolute Gasteiger partial charge is 0.310 e. The molecule has 0 aliphatic heterocycles. The first-order valence-electron chi connectivity index (χ1n) is 12.6. The van der Waals surface area contributed by atoms with Gasteiger partial charge in [0.25, 0.3) is 0 Å². The van der Waals surface area contributed by atoms with Crippen LogP contribution >= 0.6 is 0 Å². The Bertz CT molecular complexity index is 1520. The molecule has 5 aromatic rings. The average molecular weight is 450 g/mol. The van der Waals surface area contributed by atoms with Crippen molar-refractivity contribution in [1.82, 2.24) is 0 Å². The molecule has 1 unspecified atom stereocenters. The maximum Gasteiger partial charge on any atom is 0.0474 e. The molecule has 35 heavy (non-hydrogen) atoms. The van der Waals surface area contributed by atoms with Gasteiger partial charge in [-0.15, -0.1) is 0 Å². The number of benzene rings is 5. The van der Waals surface area contributed by atoms with E-state index in [0.29, 0.717) is 5.92 Å². The maximum absolute atomic E-state index is 2.47. The molecule has 0 heterocycles. The van der Waals surface area contributed by atoms with E-state index >= 15 is 0 Å². The highest BCUT2D eigenvalue weighted by atomic mass is 15.1. The third-order valence-corrected chi connectivity index (χ3v) is 7.65. The molecule has 1 atom stereocenters. The molecular formula is C34H27N. The van der Waals surface area contributed by atoms with E-state index in [0.717, 1.165) is 11.4 Å². The van der Waals surface area contributed by atoms with E-state index < -0.39 is 0 Å². The van der Waals surface area contributed by atoms with Crippen LogP contribution in [0.1, 0.15) is 36.3 Å². The zero-order valence-corrected chi connectivity index (χ0v) is 19.7. The molecule has 2 bridgehead atoms. The van der Waals surface area contributed by atoms with Crippen molar-refractivity contribution in [2.45, 2.75) is 25.2 Å². The Hall–Kier alpha value is -4.10. The molecule has 1 heteroatoms. The Morgan fingerprint density at radius 1 is 0.629 bits per heavy atom. The van der Waals surface area contributed by atoms with Crippen LogP contribution in [-0.4, -0.2) is 0 Å². The molecule has 168 valence electrons. The highest BCUT2D eigenvalue weighted by Crippen LogP contribution is 2.47. The summed E-state index contributed by atoms with van der Waals surface area (Å²) in [6, 6.07) is 42.0. The molecule has 0 radical (unpaired) electrons. The molecule has 0 amide bonds. The lowest BCUT2D eigenvalue weighted by molar-refractivity contribution is 0.727. The van der Waals surface area contributed by atoms with Crippen LogP contribution in [0.25, 0.3) is 28.0 Å². The van der Waals surface area contributed by atoms with Crippen LogP contribution in [0.4, 0.5) is 17.1 Å². The molecule has 5 aromatic carbocycles. The minimum absolute atomic E-state index is 0.685. The standard InChI is InChI=1S/C34H27N/c1-3-10-29(11-4-1)35(30-12-5-2-6-13-30)31-21-25-9-7-8-14-32(25)34(23-31)28-18-17-27-20-24-15-16-26(19-24)33(27)22-28/h1-14,17-18,20-23,26H,15-16,19H2. The van der Waals surface area contributed by atoms with Gasteiger partial charge in [0, 0.05) is 17.1 Å². The molecular weight excluding hydrogens is 422 g/mol. The van der Waals surface area contributed by atoms with Crippen molar-refractivity contribution in [2.75, 3.05) is 4.90 Å². The zero-order valence-electron chi connectivity index (χ0n) is 19.7. The predicted octanol–water partition coefficient (Wildman–Crippen LogP) is 9.64. The van der Waals surface area contributed by atoms with Gasteiger partial charge in [-0.2, -0.15) is 0 Å². The number of allylic oxidation sites excluding steroid dienone is 1. The van der Waals surface area contributed by atoms with Gasteiger partial charge in [-0.05, 0) is 94.6 Å². The first-order valence-corrected chi connectivity index (χ1v) is 12.6. The first-order chi connectivity index (χ1) is 17.3. The number of nitrogens with zero attached hydrogens (tertiary/aromatic N) is 1. The van der Waals surface area contributed by atoms with Crippen molar-refractivity contribution in [2.24, 2.45) is 0 Å². The van der Waals surface area contributed by atoms with Crippen molar-refractivity contribution in [3.05, 3.63) is 132 Å². The van der Waals surface area contributed by atoms with Crippen molar-refractivity contribution in [3.8, 4) is 11.1 Å². The van der Waals surface area contributed by atoms with Crippen molar-refractivity contribution in [3.63, 3.8) is 0 Å². The second-order valence-electron chi connectivity index (χ2n) is 9.81. The quantitative estimate of drug-likeness (QED) is 0.264.